The molecule has 0 spiro atoms. The fourth-order valence-electron chi connectivity index (χ4n) is 1.19. The van der Waals surface area contributed by atoms with Gasteiger partial charge in [0.05, 0.1) is 5.97 Å². The van der Waals surface area contributed by atoms with Gasteiger partial charge < -0.3 is 14.8 Å². The molecule has 1 fully saturated rings. The Hall–Kier alpha value is 1.03. The van der Waals surface area contributed by atoms with E-state index in [1.807, 2.05) is 11.9 Å². The summed E-state index contributed by atoms with van der Waals surface area (Å²) in [5.74, 6) is -0.977. The second-order valence-electron chi connectivity index (χ2n) is 2.95. The van der Waals surface area contributed by atoms with Crippen LogP contribution in [0.4, 0.5) is 0 Å². The van der Waals surface area contributed by atoms with Gasteiger partial charge in [-0.1, -0.05) is 0 Å². The standard InChI is InChI=1S/C7H14N2O2.K/c1-8-2-4-9(5-3-8)6-7(10)11;/h2-6H2,1H3,(H,10,11);/q;+1/p-1. The summed E-state index contributed by atoms with van der Waals surface area (Å²) < 4.78 is 0. The van der Waals surface area contributed by atoms with E-state index in [9.17, 15) is 9.90 Å². The molecule has 0 aromatic carbocycles. The summed E-state index contributed by atoms with van der Waals surface area (Å²) in [5, 5.41) is 10.2. The van der Waals surface area contributed by atoms with Crippen LogP contribution < -0.4 is 56.5 Å². The van der Waals surface area contributed by atoms with E-state index in [-0.39, 0.29) is 57.9 Å². The molecule has 0 amide bonds. The zero-order valence-corrected chi connectivity index (χ0v) is 10.9. The number of hydrogen-bond donors (Lipinski definition) is 0. The summed E-state index contributed by atoms with van der Waals surface area (Å²) in [6.45, 7) is 3.66. The summed E-state index contributed by atoms with van der Waals surface area (Å²) in [4.78, 5) is 14.3. The van der Waals surface area contributed by atoms with Crippen molar-refractivity contribution in [2.24, 2.45) is 0 Å². The topological polar surface area (TPSA) is 46.6 Å². The number of carbonyl (C=O) groups is 1. The van der Waals surface area contributed by atoms with Crippen molar-refractivity contribution < 1.29 is 61.3 Å². The predicted octanol–water partition coefficient (Wildman–Crippen LogP) is -5.01. The molecule has 4 nitrogen and oxygen atoms in total. The van der Waals surface area contributed by atoms with E-state index in [4.69, 9.17) is 0 Å². The van der Waals surface area contributed by atoms with Crippen LogP contribution in [0.5, 0.6) is 0 Å². The molecule has 0 aromatic heterocycles. The Morgan fingerprint density at radius 2 is 1.83 bits per heavy atom. The van der Waals surface area contributed by atoms with Gasteiger partial charge in [-0.3, -0.25) is 4.90 Å². The minimum Gasteiger partial charge on any atom is -0.549 e. The molecular formula is C7H13KN2O2. The number of carbonyl (C=O) groups excluding carboxylic acids is 1. The zero-order chi connectivity index (χ0) is 8.27. The van der Waals surface area contributed by atoms with E-state index >= 15 is 0 Å². The molecular weight excluding hydrogens is 183 g/mol. The molecule has 12 heavy (non-hydrogen) atoms. The van der Waals surface area contributed by atoms with Crippen molar-refractivity contribution in [1.29, 1.82) is 0 Å². The maximum atomic E-state index is 10.2. The number of nitrogens with zero attached hydrogens (tertiary/aromatic N) is 2. The summed E-state index contributed by atoms with van der Waals surface area (Å²) in [7, 11) is 2.04. The Labute approximate surface area is 115 Å². The monoisotopic (exact) mass is 196 g/mol. The Morgan fingerprint density at radius 3 is 2.25 bits per heavy atom. The quantitative estimate of drug-likeness (QED) is 0.415. The Bertz CT molecular complexity index is 146. The Balaban J connectivity index is 0.00000121. The third-order valence-electron chi connectivity index (χ3n) is 1.95. The van der Waals surface area contributed by atoms with Crippen LogP contribution in [0.1, 0.15) is 0 Å². The summed E-state index contributed by atoms with van der Waals surface area (Å²) >= 11 is 0. The maximum absolute atomic E-state index is 10.2. The van der Waals surface area contributed by atoms with E-state index in [0.717, 1.165) is 26.2 Å². The molecule has 0 bridgehead atoms. The van der Waals surface area contributed by atoms with Gasteiger partial charge in [-0.2, -0.15) is 0 Å². The number of rotatable bonds is 2. The minimum absolute atomic E-state index is 0. The first-order chi connectivity index (χ1) is 5.18. The molecule has 1 saturated heterocycles. The van der Waals surface area contributed by atoms with Crippen molar-refractivity contribution in [3.05, 3.63) is 0 Å². The third kappa shape index (κ3) is 4.91. The van der Waals surface area contributed by atoms with Gasteiger partial charge in [-0.15, -0.1) is 0 Å². The first kappa shape index (κ1) is 13.0. The van der Waals surface area contributed by atoms with Crippen molar-refractivity contribution in [3.8, 4) is 0 Å². The molecule has 0 saturated carbocycles. The Morgan fingerprint density at radius 1 is 1.33 bits per heavy atom. The molecule has 0 unspecified atom stereocenters. The second kappa shape index (κ2) is 6.48. The smallest absolute Gasteiger partial charge is 0.549 e. The van der Waals surface area contributed by atoms with Gasteiger partial charge in [0.15, 0.2) is 0 Å². The largest absolute Gasteiger partial charge is 1.00 e. The van der Waals surface area contributed by atoms with Crippen LogP contribution in [-0.2, 0) is 4.79 Å². The van der Waals surface area contributed by atoms with E-state index < -0.39 is 5.97 Å². The van der Waals surface area contributed by atoms with Gasteiger partial charge in [0.25, 0.3) is 0 Å². The summed E-state index contributed by atoms with van der Waals surface area (Å²) in [5.41, 5.74) is 0. The van der Waals surface area contributed by atoms with Crippen LogP contribution in [0.3, 0.4) is 0 Å². The molecule has 1 aliphatic rings. The fourth-order valence-corrected chi connectivity index (χ4v) is 1.19. The average molecular weight is 196 g/mol. The van der Waals surface area contributed by atoms with E-state index in [0.29, 0.717) is 0 Å². The van der Waals surface area contributed by atoms with Crippen LogP contribution in [0.2, 0.25) is 0 Å². The second-order valence-corrected chi connectivity index (χ2v) is 2.95. The first-order valence-electron chi connectivity index (χ1n) is 3.79. The van der Waals surface area contributed by atoms with Crippen LogP contribution in [0.15, 0.2) is 0 Å². The molecule has 0 aliphatic carbocycles. The summed E-state index contributed by atoms with van der Waals surface area (Å²) in [6.07, 6.45) is 0. The van der Waals surface area contributed by atoms with E-state index in [2.05, 4.69) is 4.90 Å². The van der Waals surface area contributed by atoms with Crippen molar-refractivity contribution in [1.82, 2.24) is 9.80 Å². The Kier molecular flexibility index (Phi) is 7.03. The first-order valence-corrected chi connectivity index (χ1v) is 3.79. The number of aliphatic carboxylic acids is 1. The summed E-state index contributed by atoms with van der Waals surface area (Å²) in [6, 6.07) is 0. The van der Waals surface area contributed by atoms with E-state index in [1.165, 1.54) is 0 Å². The van der Waals surface area contributed by atoms with Gasteiger partial charge in [-0.25, -0.2) is 0 Å². The molecule has 0 N–H and O–H groups in total. The van der Waals surface area contributed by atoms with Gasteiger partial charge in [0, 0.05) is 32.7 Å². The number of likely N-dealkylation sites (N-methyl/N-ethyl adjacent to an activating group) is 1. The van der Waals surface area contributed by atoms with Crippen molar-refractivity contribution >= 4 is 5.97 Å². The zero-order valence-electron chi connectivity index (χ0n) is 7.75. The number of piperazine rings is 1. The SMILES string of the molecule is CN1CCN(CC(=O)[O-])CC1.[K+]. The molecule has 0 atom stereocenters. The average Bonchev–Trinajstić information content (AvgIpc) is 1.93. The normalized spacial score (nSPS) is 20.1. The molecule has 5 heteroatoms. The molecule has 0 aromatic rings. The van der Waals surface area contributed by atoms with Gasteiger partial charge >= 0.3 is 51.4 Å². The molecule has 1 heterocycles. The fraction of sp³-hybridized carbons (Fsp3) is 0.857. The van der Waals surface area contributed by atoms with Gasteiger partial charge in [-0.05, 0) is 7.05 Å². The molecule has 1 rings (SSSR count). The van der Waals surface area contributed by atoms with Gasteiger partial charge in [0.1, 0.15) is 0 Å². The van der Waals surface area contributed by atoms with Gasteiger partial charge in [0.2, 0.25) is 0 Å². The maximum Gasteiger partial charge on any atom is 1.00 e. The van der Waals surface area contributed by atoms with Crippen LogP contribution in [-0.4, -0.2) is 55.5 Å². The number of carboxylic acid groups (broad SMARTS) is 1. The molecule has 64 valence electrons. The van der Waals surface area contributed by atoms with Crippen LogP contribution >= 0.6 is 0 Å². The van der Waals surface area contributed by atoms with Crippen molar-refractivity contribution in [2.75, 3.05) is 39.8 Å². The van der Waals surface area contributed by atoms with Crippen LogP contribution in [0.25, 0.3) is 0 Å². The van der Waals surface area contributed by atoms with Crippen molar-refractivity contribution in [2.45, 2.75) is 0 Å². The minimum atomic E-state index is -0.977. The third-order valence-corrected chi connectivity index (χ3v) is 1.95. The predicted molar refractivity (Wildman–Crippen MR) is 38.9 cm³/mol. The molecule has 0 radical (unpaired) electrons. The molecule has 1 aliphatic heterocycles. The number of hydrogen-bond acceptors (Lipinski definition) is 4. The van der Waals surface area contributed by atoms with E-state index in [1.54, 1.807) is 0 Å². The number of carboxylic acids is 1. The van der Waals surface area contributed by atoms with Crippen LogP contribution in [0, 0.1) is 0 Å². The van der Waals surface area contributed by atoms with Crippen molar-refractivity contribution in [3.63, 3.8) is 0 Å².